The van der Waals surface area contributed by atoms with E-state index < -0.39 is 0 Å². The molecule has 3 rings (SSSR count). The molecule has 0 radical (unpaired) electrons. The van der Waals surface area contributed by atoms with Crippen molar-refractivity contribution in [3.63, 3.8) is 0 Å². The Bertz CT molecular complexity index is 549. The molecule has 0 N–H and O–H groups in total. The average molecular weight is 301 g/mol. The second-order valence-electron chi connectivity index (χ2n) is 6.29. The van der Waals surface area contributed by atoms with Crippen LogP contribution in [0.4, 0.5) is 5.69 Å². The lowest BCUT2D eigenvalue weighted by Crippen LogP contribution is -2.38. The van der Waals surface area contributed by atoms with Gasteiger partial charge in [0.05, 0.1) is 0 Å². The van der Waals surface area contributed by atoms with Gasteiger partial charge in [0.1, 0.15) is 0 Å². The highest BCUT2D eigenvalue weighted by atomic mass is 16.5. The Morgan fingerprint density at radius 1 is 1.14 bits per heavy atom. The predicted octanol–water partition coefficient (Wildman–Crippen LogP) is 3.09. The molecule has 1 fully saturated rings. The highest BCUT2D eigenvalue weighted by molar-refractivity contribution is 5.96. The molecular weight excluding hydrogens is 278 g/mol. The second-order valence-corrected chi connectivity index (χ2v) is 6.29. The number of nitrogens with zero attached hydrogens (tertiary/aromatic N) is 1. The molecule has 1 aromatic carbocycles. The SMILES string of the molecule is O=C(CC1CCCC1)OCC(=O)N1CCCc2ccccc21. The summed E-state index contributed by atoms with van der Waals surface area (Å²) in [5, 5.41) is 0. The van der Waals surface area contributed by atoms with Crippen molar-refractivity contribution in [3.05, 3.63) is 29.8 Å². The largest absolute Gasteiger partial charge is 0.456 e. The van der Waals surface area contributed by atoms with Crippen molar-refractivity contribution < 1.29 is 14.3 Å². The van der Waals surface area contributed by atoms with Crippen molar-refractivity contribution in [1.29, 1.82) is 0 Å². The molecule has 1 aromatic rings. The van der Waals surface area contributed by atoms with Crippen LogP contribution >= 0.6 is 0 Å². The van der Waals surface area contributed by atoms with E-state index >= 15 is 0 Å². The molecule has 0 saturated heterocycles. The summed E-state index contributed by atoms with van der Waals surface area (Å²) in [7, 11) is 0. The molecule has 4 heteroatoms. The molecule has 1 aliphatic carbocycles. The van der Waals surface area contributed by atoms with Crippen LogP contribution in [0.1, 0.15) is 44.1 Å². The van der Waals surface area contributed by atoms with Gasteiger partial charge in [0.2, 0.25) is 0 Å². The average Bonchev–Trinajstić information content (AvgIpc) is 3.05. The molecule has 0 bridgehead atoms. The van der Waals surface area contributed by atoms with Crippen LogP contribution in [0.2, 0.25) is 0 Å². The number of carbonyl (C=O) groups is 2. The first-order valence-electron chi connectivity index (χ1n) is 8.28. The van der Waals surface area contributed by atoms with E-state index in [4.69, 9.17) is 4.74 Å². The Kier molecular flexibility index (Phi) is 4.76. The third kappa shape index (κ3) is 3.49. The van der Waals surface area contributed by atoms with Crippen molar-refractivity contribution in [2.75, 3.05) is 18.1 Å². The van der Waals surface area contributed by atoms with Crippen LogP contribution in [0.25, 0.3) is 0 Å². The fourth-order valence-electron chi connectivity index (χ4n) is 3.52. The normalized spacial score (nSPS) is 18.1. The number of hydrogen-bond acceptors (Lipinski definition) is 3. The van der Waals surface area contributed by atoms with Gasteiger partial charge in [0.15, 0.2) is 6.61 Å². The van der Waals surface area contributed by atoms with E-state index in [9.17, 15) is 9.59 Å². The number of hydrogen-bond donors (Lipinski definition) is 0. The molecule has 1 saturated carbocycles. The van der Waals surface area contributed by atoms with E-state index in [2.05, 4.69) is 6.07 Å². The number of rotatable bonds is 4. The number of esters is 1. The number of aryl methyl sites for hydroxylation is 1. The maximum Gasteiger partial charge on any atom is 0.306 e. The molecule has 118 valence electrons. The van der Waals surface area contributed by atoms with Crippen LogP contribution in [0.3, 0.4) is 0 Å². The van der Waals surface area contributed by atoms with Crippen LogP contribution < -0.4 is 4.90 Å². The van der Waals surface area contributed by atoms with Gasteiger partial charge in [-0.05, 0) is 43.2 Å². The highest BCUT2D eigenvalue weighted by Crippen LogP contribution is 2.28. The number of amides is 1. The molecular formula is C18H23NO3. The van der Waals surface area contributed by atoms with E-state index in [1.54, 1.807) is 4.90 Å². The van der Waals surface area contributed by atoms with Crippen molar-refractivity contribution in [1.82, 2.24) is 0 Å². The smallest absolute Gasteiger partial charge is 0.306 e. The van der Waals surface area contributed by atoms with Crippen molar-refractivity contribution in [2.24, 2.45) is 5.92 Å². The van der Waals surface area contributed by atoms with Crippen molar-refractivity contribution >= 4 is 17.6 Å². The van der Waals surface area contributed by atoms with Crippen LogP contribution in [-0.2, 0) is 20.7 Å². The fraction of sp³-hybridized carbons (Fsp3) is 0.556. The van der Waals surface area contributed by atoms with Gasteiger partial charge in [-0.3, -0.25) is 9.59 Å². The van der Waals surface area contributed by atoms with Gasteiger partial charge in [-0.15, -0.1) is 0 Å². The quantitative estimate of drug-likeness (QED) is 0.803. The Balaban J connectivity index is 1.53. The lowest BCUT2D eigenvalue weighted by Gasteiger charge is -2.29. The zero-order valence-electron chi connectivity index (χ0n) is 12.9. The van der Waals surface area contributed by atoms with Crippen LogP contribution in [0, 0.1) is 5.92 Å². The molecule has 0 atom stereocenters. The monoisotopic (exact) mass is 301 g/mol. The first-order chi connectivity index (χ1) is 10.7. The lowest BCUT2D eigenvalue weighted by molar-refractivity contribution is -0.148. The minimum absolute atomic E-state index is 0.119. The number of fused-ring (bicyclic) bond motifs is 1. The van der Waals surface area contributed by atoms with Gasteiger partial charge in [-0.25, -0.2) is 0 Å². The van der Waals surface area contributed by atoms with Crippen LogP contribution in [0.5, 0.6) is 0 Å². The van der Waals surface area contributed by atoms with Gasteiger partial charge in [0.25, 0.3) is 5.91 Å². The van der Waals surface area contributed by atoms with E-state index in [-0.39, 0.29) is 18.5 Å². The summed E-state index contributed by atoms with van der Waals surface area (Å²) in [5.74, 6) is 0.107. The standard InChI is InChI=1S/C18H23NO3/c20-17(13-22-18(21)12-14-6-1-2-7-14)19-11-5-9-15-8-3-4-10-16(15)19/h3-4,8,10,14H,1-2,5-7,9,11-13H2. The third-order valence-electron chi connectivity index (χ3n) is 4.70. The second kappa shape index (κ2) is 6.95. The summed E-state index contributed by atoms with van der Waals surface area (Å²) < 4.78 is 5.20. The van der Waals surface area contributed by atoms with Gasteiger partial charge >= 0.3 is 5.97 Å². The summed E-state index contributed by atoms with van der Waals surface area (Å²) in [6, 6.07) is 7.96. The van der Waals surface area contributed by atoms with Gasteiger partial charge in [-0.1, -0.05) is 31.0 Å². The molecule has 4 nitrogen and oxygen atoms in total. The molecule has 0 unspecified atom stereocenters. The van der Waals surface area contributed by atoms with Gasteiger partial charge < -0.3 is 9.64 Å². The lowest BCUT2D eigenvalue weighted by atomic mass is 10.0. The number of para-hydroxylation sites is 1. The van der Waals surface area contributed by atoms with E-state index in [0.29, 0.717) is 18.9 Å². The Morgan fingerprint density at radius 2 is 1.91 bits per heavy atom. The molecule has 22 heavy (non-hydrogen) atoms. The molecule has 0 aromatic heterocycles. The molecule has 1 amide bonds. The zero-order valence-corrected chi connectivity index (χ0v) is 12.9. The molecule has 1 heterocycles. The number of anilines is 1. The molecule has 1 aliphatic heterocycles. The number of ether oxygens (including phenoxy) is 1. The zero-order chi connectivity index (χ0) is 15.4. The molecule has 0 spiro atoms. The first kappa shape index (κ1) is 15.1. The van der Waals surface area contributed by atoms with E-state index in [0.717, 1.165) is 31.4 Å². The maximum absolute atomic E-state index is 12.4. The van der Waals surface area contributed by atoms with Crippen LogP contribution in [0.15, 0.2) is 24.3 Å². The van der Waals surface area contributed by atoms with Crippen LogP contribution in [-0.4, -0.2) is 25.0 Å². The van der Waals surface area contributed by atoms with Crippen molar-refractivity contribution in [3.8, 4) is 0 Å². The summed E-state index contributed by atoms with van der Waals surface area (Å²) >= 11 is 0. The van der Waals surface area contributed by atoms with Crippen molar-refractivity contribution in [2.45, 2.75) is 44.9 Å². The maximum atomic E-state index is 12.4. The topological polar surface area (TPSA) is 46.6 Å². The van der Waals surface area contributed by atoms with E-state index in [1.807, 2.05) is 18.2 Å². The van der Waals surface area contributed by atoms with Gasteiger partial charge in [0, 0.05) is 18.7 Å². The predicted molar refractivity (Wildman–Crippen MR) is 84.7 cm³/mol. The Hall–Kier alpha value is -1.84. The number of carbonyl (C=O) groups excluding carboxylic acids is 2. The summed E-state index contributed by atoms with van der Waals surface area (Å²) in [4.78, 5) is 25.9. The Labute approximate surface area is 131 Å². The minimum Gasteiger partial charge on any atom is -0.456 e. The summed E-state index contributed by atoms with van der Waals surface area (Å²) in [6.07, 6.45) is 7.07. The highest BCUT2D eigenvalue weighted by Gasteiger charge is 2.24. The third-order valence-corrected chi connectivity index (χ3v) is 4.70. The fourth-order valence-corrected chi connectivity index (χ4v) is 3.52. The number of benzene rings is 1. The molecule has 2 aliphatic rings. The van der Waals surface area contributed by atoms with Gasteiger partial charge in [-0.2, -0.15) is 0 Å². The van der Waals surface area contributed by atoms with E-state index in [1.165, 1.54) is 18.4 Å². The minimum atomic E-state index is -0.231. The first-order valence-corrected chi connectivity index (χ1v) is 8.28. The summed E-state index contributed by atoms with van der Waals surface area (Å²) in [5.41, 5.74) is 2.16. The summed E-state index contributed by atoms with van der Waals surface area (Å²) in [6.45, 7) is 0.565. The Morgan fingerprint density at radius 3 is 2.73 bits per heavy atom.